The molecule has 0 saturated carbocycles. The highest BCUT2D eigenvalue weighted by Crippen LogP contribution is 2.33. The van der Waals surface area contributed by atoms with Gasteiger partial charge in [0.15, 0.2) is 0 Å². The molecular formula is C9H7F5O3. The van der Waals surface area contributed by atoms with E-state index in [1.165, 1.54) is 0 Å². The third kappa shape index (κ3) is 4.06. The Morgan fingerprint density at radius 1 is 1.18 bits per heavy atom. The van der Waals surface area contributed by atoms with Crippen LogP contribution in [-0.4, -0.2) is 18.1 Å². The van der Waals surface area contributed by atoms with Crippen LogP contribution < -0.4 is 9.47 Å². The summed E-state index contributed by atoms with van der Waals surface area (Å²) < 4.78 is 67.3. The number of rotatable bonds is 4. The second-order valence-electron chi connectivity index (χ2n) is 2.82. The topological polar surface area (TPSA) is 38.7 Å². The van der Waals surface area contributed by atoms with Crippen molar-refractivity contribution < 1.29 is 36.5 Å². The largest absolute Gasteiger partial charge is 0.573 e. The lowest BCUT2D eigenvalue weighted by Crippen LogP contribution is -2.18. The molecule has 0 saturated heterocycles. The van der Waals surface area contributed by atoms with Crippen molar-refractivity contribution >= 4 is 0 Å². The lowest BCUT2D eigenvalue weighted by molar-refractivity contribution is -0.275. The van der Waals surface area contributed by atoms with Crippen LogP contribution in [0.15, 0.2) is 18.2 Å². The Hall–Kier alpha value is -1.57. The fourth-order valence-electron chi connectivity index (χ4n) is 1.13. The molecule has 1 rings (SSSR count). The van der Waals surface area contributed by atoms with Crippen LogP contribution in [0.25, 0.3) is 0 Å². The Bertz CT molecular complexity index is 377. The van der Waals surface area contributed by atoms with Crippen molar-refractivity contribution in [2.45, 2.75) is 19.6 Å². The maximum absolute atomic E-state index is 12.0. The Labute approximate surface area is 92.4 Å². The SMILES string of the molecule is OCc1c(OC(F)F)cccc1OC(F)(F)F. The Morgan fingerprint density at radius 2 is 1.76 bits per heavy atom. The summed E-state index contributed by atoms with van der Waals surface area (Å²) in [6.45, 7) is -4.13. The monoisotopic (exact) mass is 258 g/mol. The molecule has 1 N–H and O–H groups in total. The predicted molar refractivity (Wildman–Crippen MR) is 45.7 cm³/mol. The molecule has 96 valence electrons. The molecule has 0 unspecified atom stereocenters. The number of alkyl halides is 5. The van der Waals surface area contributed by atoms with Crippen LogP contribution in [0, 0.1) is 0 Å². The maximum Gasteiger partial charge on any atom is 0.573 e. The molecule has 17 heavy (non-hydrogen) atoms. The van der Waals surface area contributed by atoms with Crippen molar-refractivity contribution in [3.8, 4) is 11.5 Å². The zero-order chi connectivity index (χ0) is 13.1. The summed E-state index contributed by atoms with van der Waals surface area (Å²) in [5, 5.41) is 8.84. The van der Waals surface area contributed by atoms with E-state index in [0.717, 1.165) is 18.2 Å². The van der Waals surface area contributed by atoms with Crippen LogP contribution >= 0.6 is 0 Å². The van der Waals surface area contributed by atoms with Gasteiger partial charge in [-0.15, -0.1) is 13.2 Å². The van der Waals surface area contributed by atoms with Crippen LogP contribution in [0.2, 0.25) is 0 Å². The van der Waals surface area contributed by atoms with Crippen molar-refractivity contribution in [1.29, 1.82) is 0 Å². The minimum atomic E-state index is -4.98. The molecular weight excluding hydrogens is 251 g/mol. The van der Waals surface area contributed by atoms with Crippen LogP contribution in [0.4, 0.5) is 22.0 Å². The third-order valence-electron chi connectivity index (χ3n) is 1.69. The second kappa shape index (κ2) is 5.17. The van der Waals surface area contributed by atoms with Gasteiger partial charge >= 0.3 is 13.0 Å². The predicted octanol–water partition coefficient (Wildman–Crippen LogP) is 2.68. The highest BCUT2D eigenvalue weighted by molar-refractivity contribution is 5.44. The first-order chi connectivity index (χ1) is 7.83. The number of hydrogen-bond acceptors (Lipinski definition) is 3. The van der Waals surface area contributed by atoms with Gasteiger partial charge in [0.1, 0.15) is 11.5 Å². The average molecular weight is 258 g/mol. The molecule has 1 aromatic carbocycles. The summed E-state index contributed by atoms with van der Waals surface area (Å²) in [4.78, 5) is 0. The Kier molecular flexibility index (Phi) is 4.11. The summed E-state index contributed by atoms with van der Waals surface area (Å²) in [5.41, 5.74) is -0.495. The molecule has 0 aliphatic carbocycles. The maximum atomic E-state index is 12.0. The van der Waals surface area contributed by atoms with Crippen molar-refractivity contribution in [3.63, 3.8) is 0 Å². The fraction of sp³-hybridized carbons (Fsp3) is 0.333. The molecule has 0 aromatic heterocycles. The van der Waals surface area contributed by atoms with E-state index in [-0.39, 0.29) is 0 Å². The summed E-state index contributed by atoms with van der Waals surface area (Å²) in [6.07, 6.45) is -4.98. The normalized spacial score (nSPS) is 11.7. The summed E-state index contributed by atoms with van der Waals surface area (Å²) in [6, 6.07) is 2.93. The zero-order valence-corrected chi connectivity index (χ0v) is 8.17. The van der Waals surface area contributed by atoms with E-state index in [0.29, 0.717) is 0 Å². The standard InChI is InChI=1S/C9H7F5O3/c10-8(11)16-6-2-1-3-7(5(6)4-15)17-9(12,13)14/h1-3,8,15H,4H2. The van der Waals surface area contributed by atoms with E-state index >= 15 is 0 Å². The molecule has 0 aliphatic rings. The van der Waals surface area contributed by atoms with Crippen LogP contribution in [0.5, 0.6) is 11.5 Å². The van der Waals surface area contributed by atoms with Gasteiger partial charge in [-0.1, -0.05) is 6.07 Å². The molecule has 3 nitrogen and oxygen atoms in total. The van der Waals surface area contributed by atoms with E-state index in [9.17, 15) is 22.0 Å². The minimum absolute atomic E-state index is 0.495. The number of hydrogen-bond donors (Lipinski definition) is 1. The number of ether oxygens (including phenoxy) is 2. The first-order valence-electron chi connectivity index (χ1n) is 4.27. The number of aliphatic hydroxyl groups excluding tert-OH is 1. The molecule has 0 heterocycles. The smallest absolute Gasteiger partial charge is 0.434 e. The van der Waals surface area contributed by atoms with Gasteiger partial charge in [-0.2, -0.15) is 8.78 Å². The summed E-state index contributed by atoms with van der Waals surface area (Å²) in [5.74, 6) is -1.34. The van der Waals surface area contributed by atoms with Gasteiger partial charge in [-0.3, -0.25) is 0 Å². The van der Waals surface area contributed by atoms with Crippen LogP contribution in [0.3, 0.4) is 0 Å². The average Bonchev–Trinajstić information content (AvgIpc) is 2.14. The van der Waals surface area contributed by atoms with Crippen LogP contribution in [-0.2, 0) is 6.61 Å². The van der Waals surface area contributed by atoms with Gasteiger partial charge < -0.3 is 14.6 Å². The van der Waals surface area contributed by atoms with Gasteiger partial charge in [0.2, 0.25) is 0 Å². The quantitative estimate of drug-likeness (QED) is 0.844. The van der Waals surface area contributed by atoms with E-state index in [1.54, 1.807) is 0 Å². The van der Waals surface area contributed by atoms with Gasteiger partial charge in [0, 0.05) is 0 Å². The first kappa shape index (κ1) is 13.5. The Balaban J connectivity index is 3.05. The molecule has 0 spiro atoms. The molecule has 0 bridgehead atoms. The van der Waals surface area contributed by atoms with Gasteiger partial charge in [-0.05, 0) is 12.1 Å². The first-order valence-corrected chi connectivity index (χ1v) is 4.27. The van der Waals surface area contributed by atoms with Crippen molar-refractivity contribution in [2.75, 3.05) is 0 Å². The number of halogens is 5. The van der Waals surface area contributed by atoms with E-state index in [4.69, 9.17) is 5.11 Å². The molecule has 0 atom stereocenters. The molecule has 0 fully saturated rings. The van der Waals surface area contributed by atoms with Crippen molar-refractivity contribution in [3.05, 3.63) is 23.8 Å². The van der Waals surface area contributed by atoms with Gasteiger partial charge in [0.25, 0.3) is 0 Å². The van der Waals surface area contributed by atoms with E-state index in [1.807, 2.05) is 0 Å². The molecule has 8 heteroatoms. The summed E-state index contributed by atoms with van der Waals surface area (Å²) >= 11 is 0. The summed E-state index contributed by atoms with van der Waals surface area (Å²) in [7, 11) is 0. The molecule has 0 aliphatic heterocycles. The molecule has 0 radical (unpaired) electrons. The van der Waals surface area contributed by atoms with Crippen molar-refractivity contribution in [2.24, 2.45) is 0 Å². The van der Waals surface area contributed by atoms with E-state index < -0.39 is 36.6 Å². The van der Waals surface area contributed by atoms with E-state index in [2.05, 4.69) is 9.47 Å². The fourth-order valence-corrected chi connectivity index (χ4v) is 1.13. The zero-order valence-electron chi connectivity index (χ0n) is 8.17. The second-order valence-corrected chi connectivity index (χ2v) is 2.82. The van der Waals surface area contributed by atoms with Crippen LogP contribution in [0.1, 0.15) is 5.56 Å². The highest BCUT2D eigenvalue weighted by Gasteiger charge is 2.32. The van der Waals surface area contributed by atoms with Gasteiger partial charge in [-0.25, -0.2) is 0 Å². The molecule has 1 aromatic rings. The number of benzene rings is 1. The minimum Gasteiger partial charge on any atom is -0.434 e. The lowest BCUT2D eigenvalue weighted by Gasteiger charge is -2.15. The third-order valence-corrected chi connectivity index (χ3v) is 1.69. The highest BCUT2D eigenvalue weighted by atomic mass is 19.4. The molecule has 0 amide bonds. The van der Waals surface area contributed by atoms with Gasteiger partial charge in [0.05, 0.1) is 12.2 Å². The lowest BCUT2D eigenvalue weighted by atomic mass is 10.2. The van der Waals surface area contributed by atoms with Crippen molar-refractivity contribution in [1.82, 2.24) is 0 Å². The Morgan fingerprint density at radius 3 is 2.24 bits per heavy atom. The number of aliphatic hydroxyl groups is 1.